The van der Waals surface area contributed by atoms with E-state index in [2.05, 4.69) is 27.8 Å². The lowest BCUT2D eigenvalue weighted by Gasteiger charge is -2.18. The minimum absolute atomic E-state index is 0.103. The standard InChI is InChI=1S/C13H17BrN2O3S/c1-4-7-16(20(3,18)19)9-13(17)15-12-6-5-11(14)8-10(12)2/h4-6,8H,1,7,9H2,2-3H3,(H,15,17). The van der Waals surface area contributed by atoms with Crippen LogP contribution in [0.15, 0.2) is 35.3 Å². The van der Waals surface area contributed by atoms with Crippen LogP contribution in [0.3, 0.4) is 0 Å². The minimum atomic E-state index is -3.44. The molecular formula is C13H17BrN2O3S. The summed E-state index contributed by atoms with van der Waals surface area (Å²) in [6.07, 6.45) is 2.51. The molecule has 0 spiro atoms. The van der Waals surface area contributed by atoms with Gasteiger partial charge in [0.25, 0.3) is 0 Å². The van der Waals surface area contributed by atoms with Crippen LogP contribution in [0.4, 0.5) is 5.69 Å². The molecule has 1 rings (SSSR count). The van der Waals surface area contributed by atoms with Gasteiger partial charge in [0.05, 0.1) is 12.8 Å². The maximum absolute atomic E-state index is 11.9. The van der Waals surface area contributed by atoms with Crippen LogP contribution in [0.2, 0.25) is 0 Å². The summed E-state index contributed by atoms with van der Waals surface area (Å²) in [6.45, 7) is 5.21. The summed E-state index contributed by atoms with van der Waals surface area (Å²) in [5.74, 6) is -0.386. The second kappa shape index (κ2) is 7.01. The van der Waals surface area contributed by atoms with Crippen molar-refractivity contribution in [1.29, 1.82) is 0 Å². The van der Waals surface area contributed by atoms with E-state index in [1.807, 2.05) is 13.0 Å². The highest BCUT2D eigenvalue weighted by molar-refractivity contribution is 9.10. The van der Waals surface area contributed by atoms with Crippen molar-refractivity contribution in [1.82, 2.24) is 4.31 Å². The molecule has 0 aliphatic rings. The van der Waals surface area contributed by atoms with Gasteiger partial charge in [0.2, 0.25) is 15.9 Å². The third-order valence-electron chi connectivity index (χ3n) is 2.58. The van der Waals surface area contributed by atoms with E-state index in [1.54, 1.807) is 12.1 Å². The molecule has 0 bridgehead atoms. The Kier molecular flexibility index (Phi) is 5.91. The number of halogens is 1. The lowest BCUT2D eigenvalue weighted by atomic mass is 10.2. The summed E-state index contributed by atoms with van der Waals surface area (Å²) in [6, 6.07) is 5.43. The highest BCUT2D eigenvalue weighted by Crippen LogP contribution is 2.20. The van der Waals surface area contributed by atoms with Gasteiger partial charge < -0.3 is 5.32 Å². The molecule has 1 aromatic carbocycles. The van der Waals surface area contributed by atoms with Gasteiger partial charge in [0, 0.05) is 16.7 Å². The number of nitrogens with one attached hydrogen (secondary N) is 1. The number of carbonyl (C=O) groups is 1. The summed E-state index contributed by atoms with van der Waals surface area (Å²) < 4.78 is 25.0. The first-order valence-electron chi connectivity index (χ1n) is 5.86. The van der Waals surface area contributed by atoms with Gasteiger partial charge in [-0.05, 0) is 30.7 Å². The number of hydrogen-bond acceptors (Lipinski definition) is 3. The van der Waals surface area contributed by atoms with E-state index in [1.165, 1.54) is 6.08 Å². The predicted octanol–water partition coefficient (Wildman–Crippen LogP) is 2.14. The molecular weight excluding hydrogens is 344 g/mol. The molecule has 0 atom stereocenters. The number of rotatable bonds is 6. The second-order valence-electron chi connectivity index (χ2n) is 4.35. The molecule has 0 radical (unpaired) electrons. The molecule has 0 aromatic heterocycles. The Morgan fingerprint density at radius 1 is 1.50 bits per heavy atom. The molecule has 1 aromatic rings. The number of nitrogens with zero attached hydrogens (tertiary/aromatic N) is 1. The third kappa shape index (κ3) is 5.07. The first-order chi connectivity index (χ1) is 9.24. The normalized spacial score (nSPS) is 11.4. The zero-order chi connectivity index (χ0) is 15.3. The van der Waals surface area contributed by atoms with Crippen molar-refractivity contribution in [3.8, 4) is 0 Å². The van der Waals surface area contributed by atoms with Crippen molar-refractivity contribution in [2.75, 3.05) is 24.7 Å². The van der Waals surface area contributed by atoms with Crippen LogP contribution in [0.25, 0.3) is 0 Å². The fourth-order valence-electron chi connectivity index (χ4n) is 1.58. The van der Waals surface area contributed by atoms with Crippen LogP contribution < -0.4 is 5.32 Å². The molecule has 0 aliphatic heterocycles. The van der Waals surface area contributed by atoms with Gasteiger partial charge in [0.15, 0.2) is 0 Å². The largest absolute Gasteiger partial charge is 0.325 e. The topological polar surface area (TPSA) is 66.5 Å². The molecule has 0 aliphatic carbocycles. The quantitative estimate of drug-likeness (QED) is 0.790. The van der Waals surface area contributed by atoms with Crippen LogP contribution in [0.5, 0.6) is 0 Å². The average Bonchev–Trinajstić information content (AvgIpc) is 2.31. The van der Waals surface area contributed by atoms with Gasteiger partial charge in [0.1, 0.15) is 0 Å². The van der Waals surface area contributed by atoms with Gasteiger partial charge in [-0.1, -0.05) is 22.0 Å². The molecule has 0 fully saturated rings. The summed E-state index contributed by atoms with van der Waals surface area (Å²) in [4.78, 5) is 11.9. The zero-order valence-corrected chi connectivity index (χ0v) is 13.8. The van der Waals surface area contributed by atoms with Gasteiger partial charge >= 0.3 is 0 Å². The highest BCUT2D eigenvalue weighted by atomic mass is 79.9. The fourth-order valence-corrected chi connectivity index (χ4v) is 2.78. The van der Waals surface area contributed by atoms with Crippen LogP contribution >= 0.6 is 15.9 Å². The van der Waals surface area contributed by atoms with E-state index >= 15 is 0 Å². The third-order valence-corrected chi connectivity index (χ3v) is 4.29. The molecule has 7 heteroatoms. The molecule has 20 heavy (non-hydrogen) atoms. The van der Waals surface area contributed by atoms with E-state index in [0.29, 0.717) is 5.69 Å². The van der Waals surface area contributed by atoms with Crippen molar-refractivity contribution in [3.05, 3.63) is 40.9 Å². The van der Waals surface area contributed by atoms with Crippen LogP contribution in [0, 0.1) is 6.92 Å². The Morgan fingerprint density at radius 2 is 2.15 bits per heavy atom. The molecule has 110 valence electrons. The first-order valence-corrected chi connectivity index (χ1v) is 8.50. The average molecular weight is 361 g/mol. The molecule has 0 saturated heterocycles. The lowest BCUT2D eigenvalue weighted by molar-refractivity contribution is -0.116. The van der Waals surface area contributed by atoms with E-state index in [0.717, 1.165) is 20.6 Å². The Balaban J connectivity index is 2.78. The van der Waals surface area contributed by atoms with Gasteiger partial charge in [-0.15, -0.1) is 6.58 Å². The predicted molar refractivity (Wildman–Crippen MR) is 84.1 cm³/mol. The van der Waals surface area contributed by atoms with E-state index in [9.17, 15) is 13.2 Å². The molecule has 0 saturated carbocycles. The maximum Gasteiger partial charge on any atom is 0.239 e. The number of hydrogen-bond donors (Lipinski definition) is 1. The van der Waals surface area contributed by atoms with E-state index in [4.69, 9.17) is 0 Å². The summed E-state index contributed by atoms with van der Waals surface area (Å²) in [7, 11) is -3.44. The smallest absolute Gasteiger partial charge is 0.239 e. The fraction of sp³-hybridized carbons (Fsp3) is 0.308. The van der Waals surface area contributed by atoms with Gasteiger partial charge in [-0.2, -0.15) is 4.31 Å². The van der Waals surface area contributed by atoms with Crippen molar-refractivity contribution in [2.45, 2.75) is 6.92 Å². The second-order valence-corrected chi connectivity index (χ2v) is 7.25. The van der Waals surface area contributed by atoms with E-state index < -0.39 is 10.0 Å². The van der Waals surface area contributed by atoms with Crippen LogP contribution in [-0.2, 0) is 14.8 Å². The summed E-state index contributed by atoms with van der Waals surface area (Å²) in [5.41, 5.74) is 1.55. The minimum Gasteiger partial charge on any atom is -0.325 e. The van der Waals surface area contributed by atoms with Gasteiger partial charge in [-0.25, -0.2) is 8.42 Å². The molecule has 0 unspecified atom stereocenters. The number of anilines is 1. The summed E-state index contributed by atoms with van der Waals surface area (Å²) in [5, 5.41) is 2.70. The lowest BCUT2D eigenvalue weighted by Crippen LogP contribution is -2.37. The first kappa shape index (κ1) is 16.9. The molecule has 1 amide bonds. The Labute approximate surface area is 127 Å². The summed E-state index contributed by atoms with van der Waals surface area (Å²) >= 11 is 3.34. The highest BCUT2D eigenvalue weighted by Gasteiger charge is 2.19. The van der Waals surface area contributed by atoms with E-state index in [-0.39, 0.29) is 19.0 Å². The van der Waals surface area contributed by atoms with Crippen molar-refractivity contribution < 1.29 is 13.2 Å². The van der Waals surface area contributed by atoms with Crippen LogP contribution in [-0.4, -0.2) is 38.0 Å². The van der Waals surface area contributed by atoms with Gasteiger partial charge in [-0.3, -0.25) is 4.79 Å². The number of aryl methyl sites for hydroxylation is 1. The molecule has 0 heterocycles. The Hall–Kier alpha value is -1.18. The Morgan fingerprint density at radius 3 is 2.65 bits per heavy atom. The molecule has 1 N–H and O–H groups in total. The SMILES string of the molecule is C=CCN(CC(=O)Nc1ccc(Br)cc1C)S(C)(=O)=O. The number of sulfonamides is 1. The molecule has 5 nitrogen and oxygen atoms in total. The van der Waals surface area contributed by atoms with Crippen molar-refractivity contribution >= 4 is 37.5 Å². The number of carbonyl (C=O) groups excluding carboxylic acids is 1. The Bertz CT molecular complexity index is 614. The number of amides is 1. The zero-order valence-electron chi connectivity index (χ0n) is 11.4. The monoisotopic (exact) mass is 360 g/mol. The van der Waals surface area contributed by atoms with Crippen molar-refractivity contribution in [2.24, 2.45) is 0 Å². The maximum atomic E-state index is 11.9. The number of benzene rings is 1. The van der Waals surface area contributed by atoms with Crippen molar-refractivity contribution in [3.63, 3.8) is 0 Å². The van der Waals surface area contributed by atoms with Crippen LogP contribution in [0.1, 0.15) is 5.56 Å².